The molecular formula is C14H21NO3. The van der Waals surface area contributed by atoms with Gasteiger partial charge in [0.05, 0.1) is 5.92 Å². The standard InChI is InChI=1S/C14H21NO3/c1-7(8-2-3-8)13(16)15-12-10-5-4-9(6-10)11(12)14(17)18/h7-12H,2-6H2,1H3,(H,15,16)(H,17,18). The molecule has 3 aliphatic carbocycles. The molecule has 3 fully saturated rings. The van der Waals surface area contributed by atoms with Gasteiger partial charge in [-0.15, -0.1) is 0 Å². The van der Waals surface area contributed by atoms with Crippen LogP contribution in [-0.4, -0.2) is 23.0 Å². The zero-order chi connectivity index (χ0) is 12.9. The molecule has 0 heterocycles. The molecule has 1 amide bonds. The first kappa shape index (κ1) is 12.0. The number of carbonyl (C=O) groups is 2. The Balaban J connectivity index is 1.67. The van der Waals surface area contributed by atoms with E-state index in [9.17, 15) is 14.7 Å². The highest BCUT2D eigenvalue weighted by atomic mass is 16.4. The topological polar surface area (TPSA) is 66.4 Å². The Hall–Kier alpha value is -1.06. The number of nitrogens with one attached hydrogen (secondary N) is 1. The van der Waals surface area contributed by atoms with E-state index in [1.807, 2.05) is 6.92 Å². The van der Waals surface area contributed by atoms with E-state index in [-0.39, 0.29) is 29.7 Å². The first-order valence-corrected chi connectivity index (χ1v) is 7.11. The minimum absolute atomic E-state index is 0.0542. The van der Waals surface area contributed by atoms with Crippen LogP contribution in [0.25, 0.3) is 0 Å². The number of amides is 1. The molecule has 4 nitrogen and oxygen atoms in total. The number of aliphatic carboxylic acids is 1. The molecule has 5 unspecified atom stereocenters. The summed E-state index contributed by atoms with van der Waals surface area (Å²) in [6.07, 6.45) is 5.38. The molecule has 18 heavy (non-hydrogen) atoms. The minimum atomic E-state index is -0.730. The van der Waals surface area contributed by atoms with Crippen LogP contribution in [0.5, 0.6) is 0 Å². The molecule has 4 heteroatoms. The highest BCUT2D eigenvalue weighted by Crippen LogP contribution is 2.49. The van der Waals surface area contributed by atoms with Crippen molar-refractivity contribution in [3.63, 3.8) is 0 Å². The Morgan fingerprint density at radius 1 is 1.17 bits per heavy atom. The summed E-state index contributed by atoms with van der Waals surface area (Å²) in [5.74, 6) is 0.262. The molecule has 0 radical (unpaired) electrons. The highest BCUT2D eigenvalue weighted by molar-refractivity contribution is 5.81. The van der Waals surface area contributed by atoms with Crippen molar-refractivity contribution < 1.29 is 14.7 Å². The second-order valence-corrected chi connectivity index (χ2v) is 6.36. The van der Waals surface area contributed by atoms with Crippen molar-refractivity contribution in [2.24, 2.45) is 29.6 Å². The van der Waals surface area contributed by atoms with Crippen LogP contribution >= 0.6 is 0 Å². The van der Waals surface area contributed by atoms with Gasteiger partial charge in [-0.25, -0.2) is 0 Å². The maximum absolute atomic E-state index is 12.1. The first-order valence-electron chi connectivity index (χ1n) is 7.11. The minimum Gasteiger partial charge on any atom is -0.481 e. The predicted octanol–water partition coefficient (Wildman–Crippen LogP) is 1.65. The van der Waals surface area contributed by atoms with Crippen LogP contribution < -0.4 is 5.32 Å². The van der Waals surface area contributed by atoms with Crippen LogP contribution in [0, 0.1) is 29.6 Å². The molecule has 3 rings (SSSR count). The Morgan fingerprint density at radius 2 is 1.83 bits per heavy atom. The number of carbonyl (C=O) groups excluding carboxylic acids is 1. The zero-order valence-corrected chi connectivity index (χ0v) is 10.8. The van der Waals surface area contributed by atoms with E-state index < -0.39 is 5.97 Å². The van der Waals surface area contributed by atoms with Crippen LogP contribution in [0.1, 0.15) is 39.0 Å². The largest absolute Gasteiger partial charge is 0.481 e. The summed E-state index contributed by atoms with van der Waals surface area (Å²) in [5.41, 5.74) is 0. The van der Waals surface area contributed by atoms with Crippen LogP contribution in [-0.2, 0) is 9.59 Å². The molecule has 0 aromatic rings. The van der Waals surface area contributed by atoms with E-state index in [0.29, 0.717) is 11.8 Å². The number of carboxylic acids is 1. The molecule has 2 bridgehead atoms. The average molecular weight is 251 g/mol. The molecule has 2 N–H and O–H groups in total. The molecule has 5 atom stereocenters. The van der Waals surface area contributed by atoms with Gasteiger partial charge in [0, 0.05) is 12.0 Å². The smallest absolute Gasteiger partial charge is 0.308 e. The fraction of sp³-hybridized carbons (Fsp3) is 0.857. The Kier molecular flexibility index (Phi) is 2.83. The fourth-order valence-electron chi connectivity index (χ4n) is 3.96. The fourth-order valence-corrected chi connectivity index (χ4v) is 3.96. The van der Waals surface area contributed by atoms with E-state index in [2.05, 4.69) is 5.32 Å². The number of hydrogen-bond donors (Lipinski definition) is 2. The van der Waals surface area contributed by atoms with Crippen molar-refractivity contribution >= 4 is 11.9 Å². The van der Waals surface area contributed by atoms with Gasteiger partial charge < -0.3 is 10.4 Å². The average Bonchev–Trinajstić information content (AvgIpc) is 2.99. The van der Waals surface area contributed by atoms with Crippen LogP contribution in [0.3, 0.4) is 0 Å². The van der Waals surface area contributed by atoms with E-state index >= 15 is 0 Å². The van der Waals surface area contributed by atoms with E-state index in [1.54, 1.807) is 0 Å². The van der Waals surface area contributed by atoms with Crippen molar-refractivity contribution in [1.82, 2.24) is 5.32 Å². The van der Waals surface area contributed by atoms with Crippen molar-refractivity contribution in [1.29, 1.82) is 0 Å². The van der Waals surface area contributed by atoms with Gasteiger partial charge in [0.2, 0.25) is 5.91 Å². The Labute approximate surface area is 107 Å². The number of fused-ring (bicyclic) bond motifs is 2. The van der Waals surface area contributed by atoms with E-state index in [0.717, 1.165) is 32.1 Å². The second-order valence-electron chi connectivity index (χ2n) is 6.36. The van der Waals surface area contributed by atoms with Gasteiger partial charge in [-0.05, 0) is 49.9 Å². The molecule has 0 spiro atoms. The summed E-state index contributed by atoms with van der Waals surface area (Å²) in [5, 5.41) is 12.4. The molecule has 3 saturated carbocycles. The summed E-state index contributed by atoms with van der Waals surface area (Å²) in [6.45, 7) is 1.97. The third-order valence-electron chi connectivity index (χ3n) is 5.25. The van der Waals surface area contributed by atoms with Gasteiger partial charge in [0.15, 0.2) is 0 Å². The molecule has 0 saturated heterocycles. The molecule has 0 aromatic heterocycles. The predicted molar refractivity (Wildman–Crippen MR) is 65.8 cm³/mol. The van der Waals surface area contributed by atoms with Crippen LogP contribution in [0.2, 0.25) is 0 Å². The molecule has 0 aliphatic heterocycles. The second kappa shape index (κ2) is 4.25. The lowest BCUT2D eigenvalue weighted by Crippen LogP contribution is -2.48. The molecular weight excluding hydrogens is 230 g/mol. The summed E-state index contributed by atoms with van der Waals surface area (Å²) >= 11 is 0. The number of hydrogen-bond acceptors (Lipinski definition) is 2. The van der Waals surface area contributed by atoms with Crippen molar-refractivity contribution in [3.05, 3.63) is 0 Å². The van der Waals surface area contributed by atoms with Gasteiger partial charge in [-0.3, -0.25) is 9.59 Å². The van der Waals surface area contributed by atoms with Gasteiger partial charge in [-0.1, -0.05) is 6.92 Å². The highest BCUT2D eigenvalue weighted by Gasteiger charge is 2.52. The van der Waals surface area contributed by atoms with E-state index in [4.69, 9.17) is 0 Å². The first-order chi connectivity index (χ1) is 8.58. The summed E-state index contributed by atoms with van der Waals surface area (Å²) in [4.78, 5) is 23.5. The van der Waals surface area contributed by atoms with E-state index in [1.165, 1.54) is 0 Å². The van der Waals surface area contributed by atoms with Crippen LogP contribution in [0.15, 0.2) is 0 Å². The summed E-state index contributed by atoms with van der Waals surface area (Å²) in [7, 11) is 0. The maximum atomic E-state index is 12.1. The quantitative estimate of drug-likeness (QED) is 0.798. The number of carboxylic acid groups (broad SMARTS) is 1. The molecule has 0 aromatic carbocycles. The Morgan fingerprint density at radius 3 is 2.44 bits per heavy atom. The lowest BCUT2D eigenvalue weighted by atomic mass is 9.84. The van der Waals surface area contributed by atoms with Gasteiger partial charge >= 0.3 is 5.97 Å². The Bertz CT molecular complexity index is 377. The van der Waals surface area contributed by atoms with Crippen molar-refractivity contribution in [2.45, 2.75) is 45.1 Å². The monoisotopic (exact) mass is 251 g/mol. The SMILES string of the molecule is CC(C(=O)NC1C2CCC(C2)C1C(=O)O)C1CC1. The van der Waals surface area contributed by atoms with Gasteiger partial charge in [0.1, 0.15) is 0 Å². The number of rotatable bonds is 4. The lowest BCUT2D eigenvalue weighted by Gasteiger charge is -2.29. The maximum Gasteiger partial charge on any atom is 0.308 e. The van der Waals surface area contributed by atoms with Gasteiger partial charge in [0.25, 0.3) is 0 Å². The lowest BCUT2D eigenvalue weighted by molar-refractivity contribution is -0.145. The van der Waals surface area contributed by atoms with Crippen LogP contribution in [0.4, 0.5) is 0 Å². The molecule has 3 aliphatic rings. The molecule has 100 valence electrons. The van der Waals surface area contributed by atoms with Crippen molar-refractivity contribution in [3.8, 4) is 0 Å². The normalized spacial score (nSPS) is 39.6. The summed E-state index contributed by atoms with van der Waals surface area (Å²) in [6, 6.07) is -0.116. The third kappa shape index (κ3) is 1.91. The van der Waals surface area contributed by atoms with Gasteiger partial charge in [-0.2, -0.15) is 0 Å². The summed E-state index contributed by atoms with van der Waals surface area (Å²) < 4.78 is 0. The van der Waals surface area contributed by atoms with Crippen molar-refractivity contribution in [2.75, 3.05) is 0 Å². The zero-order valence-electron chi connectivity index (χ0n) is 10.8. The third-order valence-corrected chi connectivity index (χ3v) is 5.25.